The average molecular weight is 352 g/mol. The van der Waals surface area contributed by atoms with Gasteiger partial charge in [0.05, 0.1) is 6.04 Å². The lowest BCUT2D eigenvalue weighted by Gasteiger charge is -2.29. The van der Waals surface area contributed by atoms with Gasteiger partial charge in [0.15, 0.2) is 0 Å². The van der Waals surface area contributed by atoms with Crippen LogP contribution in [0.5, 0.6) is 0 Å². The molecule has 2 aromatic rings. The normalized spacial score (nSPS) is 25.5. The van der Waals surface area contributed by atoms with E-state index < -0.39 is 0 Å². The molecule has 0 saturated carbocycles. The van der Waals surface area contributed by atoms with E-state index in [-0.39, 0.29) is 17.8 Å². The molecule has 0 unspecified atom stereocenters. The highest BCUT2D eigenvalue weighted by molar-refractivity contribution is 5.74. The fourth-order valence-electron chi connectivity index (χ4n) is 4.75. The molecule has 2 aromatic carbocycles. The number of aryl methyl sites for hydroxylation is 1. The first kappa shape index (κ1) is 17.2. The van der Waals surface area contributed by atoms with Crippen LogP contribution in [0.4, 0.5) is 4.39 Å². The third-order valence-electron chi connectivity index (χ3n) is 5.98. The van der Waals surface area contributed by atoms with Gasteiger partial charge in [-0.25, -0.2) is 4.39 Å². The summed E-state index contributed by atoms with van der Waals surface area (Å²) < 4.78 is 13.4. The van der Waals surface area contributed by atoms with E-state index in [0.29, 0.717) is 11.8 Å². The zero-order valence-electron chi connectivity index (χ0n) is 15.4. The molecule has 1 amide bonds. The lowest BCUT2D eigenvalue weighted by molar-refractivity contribution is -0.130. The van der Waals surface area contributed by atoms with E-state index in [0.717, 1.165) is 31.7 Å². The first-order chi connectivity index (χ1) is 12.5. The minimum Gasteiger partial charge on any atom is -0.335 e. The Morgan fingerprint density at radius 2 is 1.88 bits per heavy atom. The summed E-state index contributed by atoms with van der Waals surface area (Å²) in [5.41, 5.74) is 3.42. The van der Waals surface area contributed by atoms with Gasteiger partial charge < -0.3 is 4.90 Å². The van der Waals surface area contributed by atoms with Crippen molar-refractivity contribution in [3.8, 4) is 0 Å². The number of halogens is 1. The minimum absolute atomic E-state index is 0.161. The molecule has 136 valence electrons. The fourth-order valence-corrected chi connectivity index (χ4v) is 4.75. The Kier molecular flexibility index (Phi) is 4.53. The zero-order chi connectivity index (χ0) is 18.3. The molecule has 0 spiro atoms. The molecule has 2 fully saturated rings. The van der Waals surface area contributed by atoms with Gasteiger partial charge in [-0.05, 0) is 41.7 Å². The van der Waals surface area contributed by atoms with Crippen LogP contribution in [0.2, 0.25) is 0 Å². The van der Waals surface area contributed by atoms with Crippen LogP contribution in [0.15, 0.2) is 48.5 Å². The van der Waals surface area contributed by atoms with Crippen LogP contribution in [0.1, 0.15) is 29.7 Å². The molecule has 26 heavy (non-hydrogen) atoms. The minimum atomic E-state index is -0.175. The molecule has 2 saturated heterocycles. The summed E-state index contributed by atoms with van der Waals surface area (Å²) in [6.07, 6.45) is 0. The van der Waals surface area contributed by atoms with Gasteiger partial charge in [0.1, 0.15) is 5.82 Å². The van der Waals surface area contributed by atoms with Crippen molar-refractivity contribution in [3.63, 3.8) is 0 Å². The molecular weight excluding hydrogens is 327 g/mol. The van der Waals surface area contributed by atoms with Crippen LogP contribution in [0, 0.1) is 24.6 Å². The predicted octanol–water partition coefficient (Wildman–Crippen LogP) is 3.79. The van der Waals surface area contributed by atoms with Crippen LogP contribution in [-0.4, -0.2) is 35.3 Å². The Labute approximate surface area is 154 Å². The first-order valence-corrected chi connectivity index (χ1v) is 9.32. The molecule has 3 atom stereocenters. The molecular formula is C22H25FN2O. The molecule has 4 heteroatoms. The van der Waals surface area contributed by atoms with Crippen molar-refractivity contribution in [1.82, 2.24) is 9.80 Å². The lowest BCUT2D eigenvalue weighted by Crippen LogP contribution is -2.34. The Morgan fingerprint density at radius 3 is 2.58 bits per heavy atom. The SMILES string of the molecule is CC(=O)N1C[C@H]2CN(Cc3ccc(F)cc3C)C[C@H]2[C@@H]1c1ccccc1. The molecule has 0 radical (unpaired) electrons. The number of nitrogens with zero attached hydrogens (tertiary/aromatic N) is 2. The molecule has 2 heterocycles. The average Bonchev–Trinajstić information content (AvgIpc) is 3.15. The number of benzene rings is 2. The summed E-state index contributed by atoms with van der Waals surface area (Å²) in [6.45, 7) is 7.30. The fraction of sp³-hybridized carbons (Fsp3) is 0.409. The van der Waals surface area contributed by atoms with Crippen molar-refractivity contribution in [2.45, 2.75) is 26.4 Å². The van der Waals surface area contributed by atoms with Crippen molar-refractivity contribution in [3.05, 3.63) is 71.0 Å². The predicted molar refractivity (Wildman–Crippen MR) is 100.0 cm³/mol. The van der Waals surface area contributed by atoms with Gasteiger partial charge in [-0.15, -0.1) is 0 Å². The van der Waals surface area contributed by atoms with Crippen molar-refractivity contribution >= 4 is 5.91 Å². The van der Waals surface area contributed by atoms with E-state index in [1.807, 2.05) is 24.0 Å². The molecule has 2 aliphatic rings. The van der Waals surface area contributed by atoms with Crippen molar-refractivity contribution in [2.75, 3.05) is 19.6 Å². The van der Waals surface area contributed by atoms with Gasteiger partial charge in [0.2, 0.25) is 5.91 Å². The second-order valence-electron chi connectivity index (χ2n) is 7.72. The number of carbonyl (C=O) groups is 1. The van der Waals surface area contributed by atoms with Crippen molar-refractivity contribution in [1.29, 1.82) is 0 Å². The van der Waals surface area contributed by atoms with E-state index in [1.165, 1.54) is 11.1 Å². The summed E-state index contributed by atoms with van der Waals surface area (Å²) in [5.74, 6) is 0.951. The van der Waals surface area contributed by atoms with Crippen LogP contribution in [0.3, 0.4) is 0 Å². The van der Waals surface area contributed by atoms with Gasteiger partial charge in [-0.3, -0.25) is 9.69 Å². The molecule has 0 aromatic heterocycles. The number of carbonyl (C=O) groups excluding carboxylic acids is 1. The highest BCUT2D eigenvalue weighted by atomic mass is 19.1. The number of amides is 1. The summed E-state index contributed by atoms with van der Waals surface area (Å²) in [4.78, 5) is 16.7. The number of likely N-dealkylation sites (tertiary alicyclic amines) is 2. The van der Waals surface area contributed by atoms with Crippen molar-refractivity contribution in [2.24, 2.45) is 11.8 Å². The van der Waals surface area contributed by atoms with Crippen LogP contribution in [-0.2, 0) is 11.3 Å². The number of fused-ring (bicyclic) bond motifs is 1. The Hall–Kier alpha value is -2.20. The monoisotopic (exact) mass is 352 g/mol. The number of hydrogen-bond acceptors (Lipinski definition) is 2. The molecule has 2 aliphatic heterocycles. The Morgan fingerprint density at radius 1 is 1.12 bits per heavy atom. The van der Waals surface area contributed by atoms with Gasteiger partial charge in [0, 0.05) is 39.0 Å². The standard InChI is InChI=1S/C22H25FN2O/c1-15-10-20(23)9-8-18(15)11-24-12-19-13-25(16(2)26)22(21(19)14-24)17-6-4-3-5-7-17/h3-10,19,21-22H,11-14H2,1-2H3/t19-,21-,22+/m1/s1. The highest BCUT2D eigenvalue weighted by Gasteiger charge is 2.48. The third-order valence-corrected chi connectivity index (χ3v) is 5.98. The largest absolute Gasteiger partial charge is 0.335 e. The van der Waals surface area contributed by atoms with Crippen LogP contribution < -0.4 is 0 Å². The second-order valence-corrected chi connectivity index (χ2v) is 7.72. The van der Waals surface area contributed by atoms with Gasteiger partial charge in [-0.2, -0.15) is 0 Å². The molecule has 3 nitrogen and oxygen atoms in total. The molecule has 0 N–H and O–H groups in total. The quantitative estimate of drug-likeness (QED) is 0.839. The van der Waals surface area contributed by atoms with Gasteiger partial charge in [-0.1, -0.05) is 36.4 Å². The Bertz CT molecular complexity index is 807. The second kappa shape index (κ2) is 6.84. The van der Waals surface area contributed by atoms with E-state index in [2.05, 4.69) is 29.2 Å². The van der Waals surface area contributed by atoms with Crippen LogP contribution >= 0.6 is 0 Å². The Balaban J connectivity index is 1.54. The maximum atomic E-state index is 13.4. The molecule has 4 rings (SSSR count). The summed E-state index contributed by atoms with van der Waals surface area (Å²) in [6, 6.07) is 15.6. The van der Waals surface area contributed by atoms with E-state index >= 15 is 0 Å². The summed E-state index contributed by atoms with van der Waals surface area (Å²) in [5, 5.41) is 0. The zero-order valence-corrected chi connectivity index (χ0v) is 15.4. The first-order valence-electron chi connectivity index (χ1n) is 9.32. The van der Waals surface area contributed by atoms with E-state index in [4.69, 9.17) is 0 Å². The summed E-state index contributed by atoms with van der Waals surface area (Å²) >= 11 is 0. The van der Waals surface area contributed by atoms with Gasteiger partial charge >= 0.3 is 0 Å². The third kappa shape index (κ3) is 3.14. The smallest absolute Gasteiger partial charge is 0.219 e. The highest BCUT2D eigenvalue weighted by Crippen LogP contribution is 2.45. The maximum absolute atomic E-state index is 13.4. The maximum Gasteiger partial charge on any atom is 0.219 e. The summed E-state index contributed by atoms with van der Waals surface area (Å²) in [7, 11) is 0. The number of rotatable bonds is 3. The van der Waals surface area contributed by atoms with E-state index in [1.54, 1.807) is 19.1 Å². The van der Waals surface area contributed by atoms with Gasteiger partial charge in [0.25, 0.3) is 0 Å². The molecule has 0 aliphatic carbocycles. The lowest BCUT2D eigenvalue weighted by atomic mass is 9.89. The number of hydrogen-bond donors (Lipinski definition) is 0. The topological polar surface area (TPSA) is 23.6 Å². The molecule has 0 bridgehead atoms. The van der Waals surface area contributed by atoms with Crippen LogP contribution in [0.25, 0.3) is 0 Å². The van der Waals surface area contributed by atoms with E-state index in [9.17, 15) is 9.18 Å². The van der Waals surface area contributed by atoms with Crippen molar-refractivity contribution < 1.29 is 9.18 Å².